The van der Waals surface area contributed by atoms with E-state index in [4.69, 9.17) is 15.2 Å². The lowest BCUT2D eigenvalue weighted by Gasteiger charge is -2.22. The summed E-state index contributed by atoms with van der Waals surface area (Å²) >= 11 is 0. The number of ether oxygens (including phenoxy) is 2. The Bertz CT molecular complexity index is 741. The highest BCUT2D eigenvalue weighted by molar-refractivity contribution is 5.81. The molecule has 0 fully saturated rings. The van der Waals surface area contributed by atoms with Gasteiger partial charge >= 0.3 is 0 Å². The first kappa shape index (κ1) is 19.7. The Kier molecular flexibility index (Phi) is 6.58. The Hall–Kier alpha value is -2.60. The van der Waals surface area contributed by atoms with Crippen LogP contribution in [-0.2, 0) is 11.3 Å². The van der Waals surface area contributed by atoms with E-state index in [1.165, 1.54) is 0 Å². The largest absolute Gasteiger partial charge is 0.493 e. The number of nitrogens with one attached hydrogen (secondary N) is 1. The number of aromatic nitrogens is 1. The Morgan fingerprint density at radius 1 is 1.19 bits per heavy atom. The number of para-hydroxylation sites is 2. The maximum absolute atomic E-state index is 12.2. The van der Waals surface area contributed by atoms with Crippen LogP contribution in [0.2, 0.25) is 0 Å². The third-order valence-corrected chi connectivity index (χ3v) is 3.75. The first-order valence-corrected chi connectivity index (χ1v) is 8.58. The number of carbonyl (C=O) groups is 1. The van der Waals surface area contributed by atoms with Crippen molar-refractivity contribution in [1.29, 1.82) is 0 Å². The van der Waals surface area contributed by atoms with Gasteiger partial charge in [-0.05, 0) is 30.0 Å². The number of hydrogen-bond acceptors (Lipinski definition) is 5. The van der Waals surface area contributed by atoms with Gasteiger partial charge in [-0.25, -0.2) is 4.98 Å². The number of nitrogens with zero attached hydrogens (tertiary/aromatic N) is 1. The number of benzene rings is 1. The highest BCUT2D eigenvalue weighted by Crippen LogP contribution is 2.31. The normalized spacial score (nSPS) is 12.3. The average Bonchev–Trinajstić information content (AvgIpc) is 2.59. The van der Waals surface area contributed by atoms with Crippen LogP contribution in [0.15, 0.2) is 42.6 Å². The van der Waals surface area contributed by atoms with E-state index in [1.54, 1.807) is 25.4 Å². The quantitative estimate of drug-likeness (QED) is 0.794. The third kappa shape index (κ3) is 5.74. The molecule has 140 valence electrons. The Morgan fingerprint density at radius 2 is 1.88 bits per heavy atom. The van der Waals surface area contributed by atoms with E-state index in [2.05, 4.69) is 31.1 Å². The van der Waals surface area contributed by atoms with E-state index in [1.807, 2.05) is 24.3 Å². The topological polar surface area (TPSA) is 86.5 Å². The van der Waals surface area contributed by atoms with Gasteiger partial charge in [-0.2, -0.15) is 0 Å². The lowest BCUT2D eigenvalue weighted by atomic mass is 9.88. The molecule has 0 spiro atoms. The minimum Gasteiger partial charge on any atom is -0.493 e. The van der Waals surface area contributed by atoms with Crippen molar-refractivity contribution in [1.82, 2.24) is 10.3 Å². The van der Waals surface area contributed by atoms with Gasteiger partial charge in [0.2, 0.25) is 11.8 Å². The standard InChI is InChI=1S/C20H27N3O3/c1-20(2,3)12-15(21)18(24)23-13-14-8-7-11-22-19(14)26-17-10-6-5-9-16(17)25-4/h5-11,15H,12-13,21H2,1-4H3,(H,23,24)/t15-/m1/s1. The molecule has 0 aliphatic heterocycles. The van der Waals surface area contributed by atoms with Crippen molar-refractivity contribution >= 4 is 5.91 Å². The van der Waals surface area contributed by atoms with Crippen LogP contribution >= 0.6 is 0 Å². The molecule has 0 radical (unpaired) electrons. The van der Waals surface area contributed by atoms with Crippen LogP contribution < -0.4 is 20.5 Å². The molecule has 0 saturated heterocycles. The smallest absolute Gasteiger partial charge is 0.237 e. The lowest BCUT2D eigenvalue weighted by molar-refractivity contribution is -0.123. The molecular formula is C20H27N3O3. The van der Waals surface area contributed by atoms with Crippen molar-refractivity contribution in [3.8, 4) is 17.4 Å². The van der Waals surface area contributed by atoms with Crippen LogP contribution in [0.1, 0.15) is 32.8 Å². The Labute approximate surface area is 154 Å². The second-order valence-corrected chi connectivity index (χ2v) is 7.31. The molecule has 2 rings (SSSR count). The zero-order valence-electron chi connectivity index (χ0n) is 15.8. The van der Waals surface area contributed by atoms with Gasteiger partial charge in [-0.3, -0.25) is 4.79 Å². The van der Waals surface area contributed by atoms with Gasteiger partial charge in [0, 0.05) is 18.3 Å². The molecule has 0 aliphatic rings. The maximum atomic E-state index is 12.2. The number of rotatable bonds is 7. The summed E-state index contributed by atoms with van der Waals surface area (Å²) in [6.07, 6.45) is 2.25. The average molecular weight is 357 g/mol. The summed E-state index contributed by atoms with van der Waals surface area (Å²) in [6.45, 7) is 6.45. The molecule has 1 aromatic heterocycles. The minimum atomic E-state index is -0.551. The number of methoxy groups -OCH3 is 1. The molecule has 26 heavy (non-hydrogen) atoms. The monoisotopic (exact) mass is 357 g/mol. The fourth-order valence-electron chi connectivity index (χ4n) is 2.52. The zero-order valence-corrected chi connectivity index (χ0v) is 15.8. The molecule has 0 bridgehead atoms. The predicted octanol–water partition coefficient (Wildman–Crippen LogP) is 3.26. The van der Waals surface area contributed by atoms with Crippen molar-refractivity contribution < 1.29 is 14.3 Å². The van der Waals surface area contributed by atoms with E-state index in [9.17, 15) is 4.79 Å². The number of nitrogens with two attached hydrogens (primary N) is 1. The first-order valence-electron chi connectivity index (χ1n) is 8.58. The molecule has 2 aromatic rings. The second-order valence-electron chi connectivity index (χ2n) is 7.31. The fraction of sp³-hybridized carbons (Fsp3) is 0.400. The molecule has 1 heterocycles. The van der Waals surface area contributed by atoms with Crippen molar-refractivity contribution in [3.63, 3.8) is 0 Å². The maximum Gasteiger partial charge on any atom is 0.237 e. The molecule has 6 nitrogen and oxygen atoms in total. The molecule has 0 unspecified atom stereocenters. The van der Waals surface area contributed by atoms with Gasteiger partial charge in [0.15, 0.2) is 11.5 Å². The van der Waals surface area contributed by atoms with E-state index in [0.717, 1.165) is 5.56 Å². The molecular weight excluding hydrogens is 330 g/mol. The third-order valence-electron chi connectivity index (χ3n) is 3.75. The highest BCUT2D eigenvalue weighted by Gasteiger charge is 2.21. The molecule has 1 aromatic carbocycles. The highest BCUT2D eigenvalue weighted by atomic mass is 16.5. The van der Waals surface area contributed by atoms with Gasteiger partial charge < -0.3 is 20.5 Å². The van der Waals surface area contributed by atoms with Gasteiger partial charge in [-0.15, -0.1) is 0 Å². The zero-order chi connectivity index (χ0) is 19.2. The molecule has 0 aliphatic carbocycles. The Balaban J connectivity index is 2.06. The summed E-state index contributed by atoms with van der Waals surface area (Å²) in [5.41, 5.74) is 6.74. The molecule has 6 heteroatoms. The summed E-state index contributed by atoms with van der Waals surface area (Å²) in [5, 5.41) is 2.86. The van der Waals surface area contributed by atoms with Gasteiger partial charge in [0.05, 0.1) is 13.2 Å². The van der Waals surface area contributed by atoms with Gasteiger partial charge in [-0.1, -0.05) is 39.0 Å². The Morgan fingerprint density at radius 3 is 2.54 bits per heavy atom. The minimum absolute atomic E-state index is 0.0107. The first-order chi connectivity index (χ1) is 12.3. The fourth-order valence-corrected chi connectivity index (χ4v) is 2.52. The second kappa shape index (κ2) is 8.67. The van der Waals surface area contributed by atoms with Crippen LogP contribution in [0.4, 0.5) is 0 Å². The predicted molar refractivity (Wildman–Crippen MR) is 101 cm³/mol. The molecule has 1 amide bonds. The number of carbonyl (C=O) groups excluding carboxylic acids is 1. The summed E-state index contributed by atoms with van der Waals surface area (Å²) in [6, 6.07) is 10.4. The SMILES string of the molecule is COc1ccccc1Oc1ncccc1CNC(=O)[C@H](N)CC(C)(C)C. The van der Waals surface area contributed by atoms with Crippen LogP contribution in [0.5, 0.6) is 17.4 Å². The summed E-state index contributed by atoms with van der Waals surface area (Å²) in [5.74, 6) is 1.40. The van der Waals surface area contributed by atoms with E-state index >= 15 is 0 Å². The summed E-state index contributed by atoms with van der Waals surface area (Å²) in [4.78, 5) is 16.5. The van der Waals surface area contributed by atoms with Crippen molar-refractivity contribution in [3.05, 3.63) is 48.2 Å². The van der Waals surface area contributed by atoms with Crippen LogP contribution in [0.3, 0.4) is 0 Å². The van der Waals surface area contributed by atoms with Crippen molar-refractivity contribution in [2.24, 2.45) is 11.1 Å². The van der Waals surface area contributed by atoms with Gasteiger partial charge in [0.25, 0.3) is 0 Å². The number of pyridine rings is 1. The number of hydrogen-bond donors (Lipinski definition) is 2. The van der Waals surface area contributed by atoms with Crippen LogP contribution in [0.25, 0.3) is 0 Å². The molecule has 0 saturated carbocycles. The van der Waals surface area contributed by atoms with E-state index in [-0.39, 0.29) is 17.9 Å². The summed E-state index contributed by atoms with van der Waals surface area (Å²) < 4.78 is 11.2. The van der Waals surface area contributed by atoms with Crippen LogP contribution in [-0.4, -0.2) is 24.0 Å². The van der Waals surface area contributed by atoms with E-state index < -0.39 is 6.04 Å². The van der Waals surface area contributed by atoms with Gasteiger partial charge in [0.1, 0.15) is 0 Å². The lowest BCUT2D eigenvalue weighted by Crippen LogP contribution is -2.42. The van der Waals surface area contributed by atoms with Crippen LogP contribution in [0, 0.1) is 5.41 Å². The molecule has 3 N–H and O–H groups in total. The summed E-state index contributed by atoms with van der Waals surface area (Å²) in [7, 11) is 1.58. The molecule has 1 atom stereocenters. The number of amides is 1. The van der Waals surface area contributed by atoms with E-state index in [0.29, 0.717) is 23.8 Å². The van der Waals surface area contributed by atoms with Crippen molar-refractivity contribution in [2.45, 2.75) is 39.8 Å². The van der Waals surface area contributed by atoms with Crippen molar-refractivity contribution in [2.75, 3.05) is 7.11 Å².